The topological polar surface area (TPSA) is 87.0 Å². The molecule has 0 atom stereocenters. The third-order valence-electron chi connectivity index (χ3n) is 2.01. The van der Waals surface area contributed by atoms with Crippen molar-refractivity contribution >= 4 is 11.5 Å². The van der Waals surface area contributed by atoms with E-state index in [1.165, 1.54) is 0 Å². The van der Waals surface area contributed by atoms with Crippen molar-refractivity contribution in [2.45, 2.75) is 33.6 Å². The van der Waals surface area contributed by atoms with Gasteiger partial charge in [-0.3, -0.25) is 0 Å². The number of rotatable bonds is 5. The van der Waals surface area contributed by atoms with Crippen LogP contribution in [-0.4, -0.2) is 16.6 Å². The van der Waals surface area contributed by atoms with Gasteiger partial charge in [-0.2, -0.15) is 4.98 Å². The summed E-state index contributed by atoms with van der Waals surface area (Å²) in [4.78, 5) is 8.37. The Bertz CT molecular complexity index is 352. The lowest BCUT2D eigenvalue weighted by Gasteiger charge is -2.12. The van der Waals surface area contributed by atoms with Crippen molar-refractivity contribution in [3.8, 4) is 5.88 Å². The van der Waals surface area contributed by atoms with Crippen LogP contribution in [0.3, 0.4) is 0 Å². The van der Waals surface area contributed by atoms with Gasteiger partial charge in [-0.1, -0.05) is 20.8 Å². The van der Waals surface area contributed by atoms with Crippen LogP contribution in [0.5, 0.6) is 5.88 Å². The molecular formula is C11H20N4O. The van der Waals surface area contributed by atoms with E-state index < -0.39 is 0 Å². The van der Waals surface area contributed by atoms with Gasteiger partial charge in [-0.25, -0.2) is 4.98 Å². The minimum Gasteiger partial charge on any atom is -0.476 e. The Labute approximate surface area is 96.2 Å². The molecule has 5 nitrogen and oxygen atoms in total. The molecule has 1 aromatic heterocycles. The van der Waals surface area contributed by atoms with E-state index in [0.717, 1.165) is 12.8 Å². The summed E-state index contributed by atoms with van der Waals surface area (Å²) < 4.78 is 5.51. The van der Waals surface area contributed by atoms with Gasteiger partial charge in [-0.05, 0) is 12.3 Å². The number of hydrogen-bond donors (Lipinski definition) is 2. The molecule has 0 aliphatic heterocycles. The molecule has 0 fully saturated rings. The lowest BCUT2D eigenvalue weighted by atomic mass is 10.2. The number of nitrogens with two attached hydrogens (primary N) is 2. The van der Waals surface area contributed by atoms with Gasteiger partial charge >= 0.3 is 0 Å². The largest absolute Gasteiger partial charge is 0.476 e. The second kappa shape index (κ2) is 5.53. The zero-order chi connectivity index (χ0) is 12.1. The van der Waals surface area contributed by atoms with Crippen molar-refractivity contribution in [3.05, 3.63) is 5.82 Å². The molecule has 0 bridgehead atoms. The summed E-state index contributed by atoms with van der Waals surface area (Å²) in [5.41, 5.74) is 11.8. The fourth-order valence-electron chi connectivity index (χ4n) is 1.20. The molecule has 0 aliphatic rings. The Morgan fingerprint density at radius 3 is 2.50 bits per heavy atom. The molecular weight excluding hydrogens is 204 g/mol. The summed E-state index contributed by atoms with van der Waals surface area (Å²) in [5, 5.41) is 0. The molecule has 4 N–H and O–H groups in total. The molecule has 0 unspecified atom stereocenters. The zero-order valence-corrected chi connectivity index (χ0v) is 10.2. The Morgan fingerprint density at radius 1 is 1.25 bits per heavy atom. The van der Waals surface area contributed by atoms with Crippen LogP contribution < -0.4 is 16.2 Å². The normalized spacial score (nSPS) is 10.8. The summed E-state index contributed by atoms with van der Waals surface area (Å²) in [6, 6.07) is 0. The molecule has 1 heterocycles. The SMILES string of the molecule is CCCc1nc(N)c(N)c(OCC(C)C)n1. The van der Waals surface area contributed by atoms with Crippen LogP contribution in [0.25, 0.3) is 0 Å². The van der Waals surface area contributed by atoms with Gasteiger partial charge in [0.25, 0.3) is 0 Å². The maximum atomic E-state index is 5.76. The van der Waals surface area contributed by atoms with Crippen LogP contribution in [-0.2, 0) is 6.42 Å². The highest BCUT2D eigenvalue weighted by atomic mass is 16.5. The van der Waals surface area contributed by atoms with E-state index in [9.17, 15) is 0 Å². The highest BCUT2D eigenvalue weighted by Gasteiger charge is 2.10. The van der Waals surface area contributed by atoms with Crippen molar-refractivity contribution in [3.63, 3.8) is 0 Å². The second-order valence-electron chi connectivity index (χ2n) is 4.20. The van der Waals surface area contributed by atoms with Crippen LogP contribution >= 0.6 is 0 Å². The number of hydrogen-bond acceptors (Lipinski definition) is 5. The minimum atomic E-state index is 0.303. The molecule has 1 rings (SSSR count). The average Bonchev–Trinajstić information content (AvgIpc) is 2.21. The van der Waals surface area contributed by atoms with Crippen molar-refractivity contribution in [2.75, 3.05) is 18.1 Å². The highest BCUT2D eigenvalue weighted by Crippen LogP contribution is 2.24. The van der Waals surface area contributed by atoms with Crippen molar-refractivity contribution in [1.29, 1.82) is 0 Å². The summed E-state index contributed by atoms with van der Waals surface area (Å²) in [6.07, 6.45) is 1.75. The number of anilines is 2. The molecule has 0 aromatic carbocycles. The Kier molecular flexibility index (Phi) is 4.34. The van der Waals surface area contributed by atoms with Crippen LogP contribution in [0.15, 0.2) is 0 Å². The summed E-state index contributed by atoms with van der Waals surface area (Å²) >= 11 is 0. The van der Waals surface area contributed by atoms with Gasteiger partial charge in [0.2, 0.25) is 5.88 Å². The molecule has 0 saturated heterocycles. The fraction of sp³-hybridized carbons (Fsp3) is 0.636. The molecule has 1 aromatic rings. The van der Waals surface area contributed by atoms with Gasteiger partial charge in [0.1, 0.15) is 11.5 Å². The minimum absolute atomic E-state index is 0.303. The molecule has 0 radical (unpaired) electrons. The first-order valence-electron chi connectivity index (χ1n) is 5.59. The molecule has 0 amide bonds. The van der Waals surface area contributed by atoms with E-state index in [1.54, 1.807) is 0 Å². The van der Waals surface area contributed by atoms with E-state index in [1.807, 2.05) is 0 Å². The third kappa shape index (κ3) is 3.25. The van der Waals surface area contributed by atoms with E-state index in [0.29, 0.717) is 35.7 Å². The van der Waals surface area contributed by atoms with Gasteiger partial charge in [0.15, 0.2) is 5.82 Å². The van der Waals surface area contributed by atoms with Crippen LogP contribution in [0.4, 0.5) is 11.5 Å². The standard InChI is InChI=1S/C11H20N4O/c1-4-5-8-14-10(13)9(12)11(15-8)16-6-7(2)3/h7H,4-6,12H2,1-3H3,(H2,13,14,15). The molecule has 5 heteroatoms. The van der Waals surface area contributed by atoms with Gasteiger partial charge in [0, 0.05) is 6.42 Å². The van der Waals surface area contributed by atoms with Gasteiger partial charge < -0.3 is 16.2 Å². The number of nitrogen functional groups attached to an aromatic ring is 2. The predicted molar refractivity (Wildman–Crippen MR) is 65.2 cm³/mol. The Balaban J connectivity index is 2.88. The summed E-state index contributed by atoms with van der Waals surface area (Å²) in [6.45, 7) is 6.76. The monoisotopic (exact) mass is 224 g/mol. The Morgan fingerprint density at radius 2 is 1.94 bits per heavy atom. The summed E-state index contributed by atoms with van der Waals surface area (Å²) in [7, 11) is 0. The van der Waals surface area contributed by atoms with Crippen molar-refractivity contribution in [2.24, 2.45) is 5.92 Å². The van der Waals surface area contributed by atoms with E-state index >= 15 is 0 Å². The maximum Gasteiger partial charge on any atom is 0.242 e. The number of nitrogens with zero attached hydrogens (tertiary/aromatic N) is 2. The number of aromatic nitrogens is 2. The molecule has 0 saturated carbocycles. The zero-order valence-electron chi connectivity index (χ0n) is 10.2. The van der Waals surface area contributed by atoms with Crippen molar-refractivity contribution in [1.82, 2.24) is 9.97 Å². The highest BCUT2D eigenvalue weighted by molar-refractivity contribution is 5.64. The number of aryl methyl sites for hydroxylation is 1. The molecule has 90 valence electrons. The smallest absolute Gasteiger partial charge is 0.242 e. The second-order valence-corrected chi connectivity index (χ2v) is 4.20. The van der Waals surface area contributed by atoms with Crippen molar-refractivity contribution < 1.29 is 4.74 Å². The fourth-order valence-corrected chi connectivity index (χ4v) is 1.20. The third-order valence-corrected chi connectivity index (χ3v) is 2.01. The maximum absolute atomic E-state index is 5.76. The van der Waals surface area contributed by atoms with Gasteiger partial charge in [-0.15, -0.1) is 0 Å². The van der Waals surface area contributed by atoms with Crippen LogP contribution in [0, 0.1) is 5.92 Å². The molecule has 0 spiro atoms. The molecule has 16 heavy (non-hydrogen) atoms. The van der Waals surface area contributed by atoms with E-state index in [4.69, 9.17) is 16.2 Å². The average molecular weight is 224 g/mol. The lowest BCUT2D eigenvalue weighted by molar-refractivity contribution is 0.262. The van der Waals surface area contributed by atoms with Gasteiger partial charge in [0.05, 0.1) is 6.61 Å². The summed E-state index contributed by atoms with van der Waals surface area (Å²) in [5.74, 6) is 1.82. The first-order chi connectivity index (χ1) is 7.54. The van der Waals surface area contributed by atoms with E-state index in [2.05, 4.69) is 30.7 Å². The Hall–Kier alpha value is -1.52. The van der Waals surface area contributed by atoms with Crippen LogP contribution in [0.1, 0.15) is 33.0 Å². The molecule has 0 aliphatic carbocycles. The quantitative estimate of drug-likeness (QED) is 0.793. The van der Waals surface area contributed by atoms with E-state index in [-0.39, 0.29) is 0 Å². The predicted octanol–water partition coefficient (Wildman–Crippen LogP) is 1.63. The first-order valence-corrected chi connectivity index (χ1v) is 5.59. The lowest BCUT2D eigenvalue weighted by Crippen LogP contribution is -2.11. The number of ether oxygens (including phenoxy) is 1. The van der Waals surface area contributed by atoms with Crippen LogP contribution in [0.2, 0.25) is 0 Å². The first kappa shape index (κ1) is 12.5.